The van der Waals surface area contributed by atoms with Gasteiger partial charge in [-0.2, -0.15) is 5.10 Å². The first-order chi connectivity index (χ1) is 13.8. The Morgan fingerprint density at radius 3 is 2.48 bits per heavy atom. The van der Waals surface area contributed by atoms with E-state index in [-0.39, 0.29) is 23.5 Å². The van der Waals surface area contributed by atoms with Crippen LogP contribution in [0.2, 0.25) is 5.15 Å². The van der Waals surface area contributed by atoms with Crippen LogP contribution in [0.25, 0.3) is 0 Å². The van der Waals surface area contributed by atoms with Crippen molar-refractivity contribution in [2.45, 2.75) is 25.9 Å². The van der Waals surface area contributed by atoms with Crippen LogP contribution in [-0.4, -0.2) is 77.6 Å². The molecule has 1 unspecified atom stereocenters. The average Bonchev–Trinajstić information content (AvgIpc) is 3.21. The van der Waals surface area contributed by atoms with Crippen LogP contribution in [0.5, 0.6) is 0 Å². The highest BCUT2D eigenvalue weighted by molar-refractivity contribution is 7.91. The number of carbonyl (C=O) groups is 1. The van der Waals surface area contributed by atoms with Gasteiger partial charge in [0.05, 0.1) is 29.3 Å². The van der Waals surface area contributed by atoms with Gasteiger partial charge in [0.25, 0.3) is 5.91 Å². The number of rotatable bonds is 4. The zero-order chi connectivity index (χ0) is 20.6. The Bertz CT molecular complexity index is 998. The highest BCUT2D eigenvalue weighted by atomic mass is 35.5. The molecule has 0 N–H and O–H groups in total. The van der Waals surface area contributed by atoms with Crippen molar-refractivity contribution in [3.05, 3.63) is 52.3 Å². The molecule has 1 aromatic carbocycles. The number of nitrogens with zero attached hydrogens (tertiary/aromatic N) is 4. The van der Waals surface area contributed by atoms with Crippen molar-refractivity contribution in [1.29, 1.82) is 0 Å². The lowest BCUT2D eigenvalue weighted by molar-refractivity contribution is 0.0587. The van der Waals surface area contributed by atoms with Gasteiger partial charge in [-0.3, -0.25) is 9.69 Å². The van der Waals surface area contributed by atoms with E-state index in [1.165, 1.54) is 0 Å². The molecule has 1 aromatic heterocycles. The monoisotopic (exact) mass is 436 g/mol. The predicted octanol–water partition coefficient (Wildman–Crippen LogP) is 1.84. The molecule has 2 aliphatic heterocycles. The molecule has 2 saturated heterocycles. The topological polar surface area (TPSA) is 75.5 Å². The molecule has 1 amide bonds. The van der Waals surface area contributed by atoms with Gasteiger partial charge in [0.15, 0.2) is 9.84 Å². The summed E-state index contributed by atoms with van der Waals surface area (Å²) in [5.41, 5.74) is 2.15. The second-order valence-electron chi connectivity index (χ2n) is 7.78. The van der Waals surface area contributed by atoms with Crippen molar-refractivity contribution in [2.75, 3.05) is 37.7 Å². The van der Waals surface area contributed by atoms with Crippen LogP contribution in [0.15, 0.2) is 30.3 Å². The quantitative estimate of drug-likeness (QED) is 0.731. The molecule has 0 bridgehead atoms. The number of amides is 1. The fourth-order valence-corrected chi connectivity index (χ4v) is 6.25. The van der Waals surface area contributed by atoms with E-state index in [0.29, 0.717) is 55.6 Å². The zero-order valence-electron chi connectivity index (χ0n) is 16.4. The van der Waals surface area contributed by atoms with Crippen molar-refractivity contribution >= 4 is 27.3 Å². The Labute approximate surface area is 176 Å². The number of aryl methyl sites for hydroxylation is 1. The molecule has 2 aliphatic rings. The van der Waals surface area contributed by atoms with Gasteiger partial charge >= 0.3 is 0 Å². The summed E-state index contributed by atoms with van der Waals surface area (Å²) in [4.78, 5) is 17.1. The van der Waals surface area contributed by atoms with Gasteiger partial charge in [0.1, 0.15) is 5.15 Å². The van der Waals surface area contributed by atoms with Crippen LogP contribution in [0.3, 0.4) is 0 Å². The SMILES string of the molecule is Cc1nn(Cc2ccccc2)c(Cl)c1C(=O)N1CCN(C2CCS(=O)(=O)C2)CC1. The summed E-state index contributed by atoms with van der Waals surface area (Å²) in [5.74, 6) is 0.398. The summed E-state index contributed by atoms with van der Waals surface area (Å²) in [7, 11) is -2.90. The second-order valence-corrected chi connectivity index (χ2v) is 10.4. The molecule has 0 spiro atoms. The van der Waals surface area contributed by atoms with Crippen LogP contribution in [0, 0.1) is 6.92 Å². The molecule has 3 heterocycles. The molecule has 0 aliphatic carbocycles. The first-order valence-electron chi connectivity index (χ1n) is 9.84. The van der Waals surface area contributed by atoms with E-state index in [4.69, 9.17) is 11.6 Å². The third-order valence-electron chi connectivity index (χ3n) is 5.78. The highest BCUT2D eigenvalue weighted by Crippen LogP contribution is 2.24. The minimum Gasteiger partial charge on any atom is -0.336 e. The molecule has 2 fully saturated rings. The zero-order valence-corrected chi connectivity index (χ0v) is 18.0. The lowest BCUT2D eigenvalue weighted by Crippen LogP contribution is -2.52. The van der Waals surface area contributed by atoms with Crippen LogP contribution in [0.1, 0.15) is 28.0 Å². The largest absolute Gasteiger partial charge is 0.336 e. The Morgan fingerprint density at radius 1 is 1.17 bits per heavy atom. The number of hydrogen-bond acceptors (Lipinski definition) is 5. The Kier molecular flexibility index (Phi) is 5.68. The summed E-state index contributed by atoms with van der Waals surface area (Å²) in [5, 5.41) is 4.84. The molecule has 0 radical (unpaired) electrons. The van der Waals surface area contributed by atoms with Gasteiger partial charge in [0, 0.05) is 32.2 Å². The summed E-state index contributed by atoms with van der Waals surface area (Å²) in [6, 6.07) is 9.95. The standard InChI is InChI=1S/C20H25ClN4O3S/c1-15-18(19(21)25(22-15)13-16-5-3-2-4-6-16)20(26)24-10-8-23(9-11-24)17-7-12-29(27,28)14-17/h2-6,17H,7-14H2,1H3. The maximum Gasteiger partial charge on any atom is 0.258 e. The Hall–Kier alpha value is -1.90. The van der Waals surface area contributed by atoms with Crippen molar-refractivity contribution in [1.82, 2.24) is 19.6 Å². The third-order valence-corrected chi connectivity index (χ3v) is 7.92. The molecule has 156 valence electrons. The number of halogens is 1. The van der Waals surface area contributed by atoms with Crippen molar-refractivity contribution in [2.24, 2.45) is 0 Å². The number of benzene rings is 1. The normalized spacial score (nSPS) is 22.1. The first-order valence-corrected chi connectivity index (χ1v) is 12.0. The highest BCUT2D eigenvalue weighted by Gasteiger charge is 2.35. The molecule has 1 atom stereocenters. The maximum absolute atomic E-state index is 13.1. The van der Waals surface area contributed by atoms with Gasteiger partial charge in [-0.25, -0.2) is 13.1 Å². The molecule has 0 saturated carbocycles. The van der Waals surface area contributed by atoms with Crippen LogP contribution in [-0.2, 0) is 16.4 Å². The van der Waals surface area contributed by atoms with Gasteiger partial charge in [0.2, 0.25) is 0 Å². The molecule has 29 heavy (non-hydrogen) atoms. The summed E-state index contributed by atoms with van der Waals surface area (Å²) < 4.78 is 25.1. The van der Waals surface area contributed by atoms with Crippen LogP contribution < -0.4 is 0 Å². The van der Waals surface area contributed by atoms with Crippen molar-refractivity contribution in [3.63, 3.8) is 0 Å². The number of piperazine rings is 1. The van der Waals surface area contributed by atoms with Gasteiger partial charge < -0.3 is 4.90 Å². The Balaban J connectivity index is 1.43. The first kappa shape index (κ1) is 20.4. The predicted molar refractivity (Wildman–Crippen MR) is 112 cm³/mol. The van der Waals surface area contributed by atoms with Crippen molar-refractivity contribution in [3.8, 4) is 0 Å². The van der Waals surface area contributed by atoms with E-state index in [2.05, 4.69) is 10.00 Å². The minimum atomic E-state index is -2.90. The fourth-order valence-electron chi connectivity index (χ4n) is 4.17. The van der Waals surface area contributed by atoms with E-state index in [9.17, 15) is 13.2 Å². The number of aromatic nitrogens is 2. The summed E-state index contributed by atoms with van der Waals surface area (Å²) >= 11 is 6.53. The number of sulfone groups is 1. The van der Waals surface area contributed by atoms with E-state index >= 15 is 0 Å². The molecule has 9 heteroatoms. The lowest BCUT2D eigenvalue weighted by atomic mass is 10.1. The van der Waals surface area contributed by atoms with Gasteiger partial charge in [-0.1, -0.05) is 41.9 Å². The fraction of sp³-hybridized carbons (Fsp3) is 0.500. The maximum atomic E-state index is 13.1. The summed E-state index contributed by atoms with van der Waals surface area (Å²) in [6.45, 7) is 4.81. The molecular weight excluding hydrogens is 412 g/mol. The smallest absolute Gasteiger partial charge is 0.258 e. The van der Waals surface area contributed by atoms with E-state index in [1.54, 1.807) is 16.5 Å². The average molecular weight is 437 g/mol. The number of hydrogen-bond donors (Lipinski definition) is 0. The minimum absolute atomic E-state index is 0.0798. The molecule has 7 nitrogen and oxygen atoms in total. The van der Waals surface area contributed by atoms with Crippen LogP contribution >= 0.6 is 11.6 Å². The van der Waals surface area contributed by atoms with E-state index < -0.39 is 9.84 Å². The van der Waals surface area contributed by atoms with Gasteiger partial charge in [-0.15, -0.1) is 0 Å². The van der Waals surface area contributed by atoms with Crippen molar-refractivity contribution < 1.29 is 13.2 Å². The van der Waals surface area contributed by atoms with Crippen LogP contribution in [0.4, 0.5) is 0 Å². The molecule has 4 rings (SSSR count). The van der Waals surface area contributed by atoms with Gasteiger partial charge in [-0.05, 0) is 18.9 Å². The third kappa shape index (κ3) is 4.34. The van der Waals surface area contributed by atoms with E-state index in [1.807, 2.05) is 30.3 Å². The van der Waals surface area contributed by atoms with E-state index in [0.717, 1.165) is 5.56 Å². The molecular formula is C20H25ClN4O3S. The Morgan fingerprint density at radius 2 is 1.86 bits per heavy atom. The number of carbonyl (C=O) groups excluding carboxylic acids is 1. The lowest BCUT2D eigenvalue weighted by Gasteiger charge is -2.37. The summed E-state index contributed by atoms with van der Waals surface area (Å²) in [6.07, 6.45) is 0.688. The second kappa shape index (κ2) is 8.08. The molecule has 2 aromatic rings.